The summed E-state index contributed by atoms with van der Waals surface area (Å²) >= 11 is 0. The molecule has 1 aliphatic heterocycles. The fourth-order valence-electron chi connectivity index (χ4n) is 0.796. The third-order valence-corrected chi connectivity index (χ3v) is 1.51. The van der Waals surface area contributed by atoms with Crippen LogP contribution in [-0.2, 0) is 9.47 Å². The van der Waals surface area contributed by atoms with Gasteiger partial charge in [0.2, 0.25) is 0 Å². The van der Waals surface area contributed by atoms with Gasteiger partial charge in [-0.15, -0.1) is 0 Å². The largest absolute Gasteiger partial charge is 0.366 e. The first kappa shape index (κ1) is 7.94. The van der Waals surface area contributed by atoms with Crippen LogP contribution in [-0.4, -0.2) is 35.0 Å². The summed E-state index contributed by atoms with van der Waals surface area (Å²) in [5.74, 6) is 0. The number of aliphatic hydroxyl groups excluding tert-OH is 2. The van der Waals surface area contributed by atoms with Crippen LogP contribution >= 0.6 is 0 Å². The summed E-state index contributed by atoms with van der Waals surface area (Å²) in [6.07, 6.45) is -2.74. The number of rotatable bonds is 0. The van der Waals surface area contributed by atoms with Gasteiger partial charge in [-0.2, -0.15) is 0 Å². The Morgan fingerprint density at radius 1 is 0.900 bits per heavy atom. The standard InChI is InChI=1S/C6H12O4/c1-3-5(7)10-4(2)6(8)9-3/h3-8H,1-2H3/t3-,4-,5?,6?/m1/s1. The first-order valence-electron chi connectivity index (χ1n) is 3.28. The Balaban J connectivity index is 2.46. The minimum Gasteiger partial charge on any atom is -0.366 e. The summed E-state index contributed by atoms with van der Waals surface area (Å²) in [6.45, 7) is 3.28. The summed E-state index contributed by atoms with van der Waals surface area (Å²) in [5, 5.41) is 18.0. The van der Waals surface area contributed by atoms with Gasteiger partial charge < -0.3 is 19.7 Å². The van der Waals surface area contributed by atoms with Crippen molar-refractivity contribution >= 4 is 0 Å². The molecular weight excluding hydrogens is 136 g/mol. The van der Waals surface area contributed by atoms with Crippen molar-refractivity contribution in [3.8, 4) is 0 Å². The quantitative estimate of drug-likeness (QED) is 0.483. The molecule has 0 saturated carbocycles. The van der Waals surface area contributed by atoms with Gasteiger partial charge in [-0.1, -0.05) is 0 Å². The molecule has 0 aliphatic carbocycles. The summed E-state index contributed by atoms with van der Waals surface area (Å²) in [4.78, 5) is 0. The Hall–Kier alpha value is -0.160. The molecule has 0 amide bonds. The van der Waals surface area contributed by atoms with Crippen molar-refractivity contribution in [3.05, 3.63) is 0 Å². The second-order valence-electron chi connectivity index (χ2n) is 2.46. The number of aliphatic hydroxyl groups is 2. The molecule has 60 valence electrons. The lowest BCUT2D eigenvalue weighted by Crippen LogP contribution is -2.46. The minimum absolute atomic E-state index is 0.453. The minimum atomic E-state index is -0.918. The van der Waals surface area contributed by atoms with Crippen molar-refractivity contribution in [2.24, 2.45) is 0 Å². The summed E-state index contributed by atoms with van der Waals surface area (Å²) in [6, 6.07) is 0. The molecule has 4 atom stereocenters. The maximum atomic E-state index is 9.01. The van der Waals surface area contributed by atoms with Crippen LogP contribution in [0.25, 0.3) is 0 Å². The van der Waals surface area contributed by atoms with Gasteiger partial charge in [0.1, 0.15) is 12.2 Å². The van der Waals surface area contributed by atoms with E-state index in [4.69, 9.17) is 19.7 Å². The van der Waals surface area contributed by atoms with Gasteiger partial charge in [0.05, 0.1) is 0 Å². The van der Waals surface area contributed by atoms with Crippen molar-refractivity contribution < 1.29 is 19.7 Å². The van der Waals surface area contributed by atoms with Crippen LogP contribution in [0.3, 0.4) is 0 Å². The second-order valence-corrected chi connectivity index (χ2v) is 2.46. The Kier molecular flexibility index (Phi) is 2.25. The highest BCUT2D eigenvalue weighted by Gasteiger charge is 2.31. The Bertz CT molecular complexity index is 90.3. The van der Waals surface area contributed by atoms with E-state index >= 15 is 0 Å². The van der Waals surface area contributed by atoms with E-state index in [2.05, 4.69) is 0 Å². The van der Waals surface area contributed by atoms with Crippen LogP contribution in [0.4, 0.5) is 0 Å². The SMILES string of the molecule is C[C@H]1OC(O)[C@@H](C)OC1O. The zero-order valence-corrected chi connectivity index (χ0v) is 6.02. The predicted molar refractivity (Wildman–Crippen MR) is 33.1 cm³/mol. The number of hydrogen-bond donors (Lipinski definition) is 2. The van der Waals surface area contributed by atoms with Gasteiger partial charge in [-0.05, 0) is 13.8 Å². The normalized spacial score (nSPS) is 49.2. The van der Waals surface area contributed by atoms with Crippen LogP contribution in [0.5, 0.6) is 0 Å². The van der Waals surface area contributed by atoms with Crippen molar-refractivity contribution in [3.63, 3.8) is 0 Å². The first-order chi connectivity index (χ1) is 4.61. The van der Waals surface area contributed by atoms with E-state index in [1.165, 1.54) is 0 Å². The molecule has 1 aliphatic rings. The number of hydrogen-bond acceptors (Lipinski definition) is 4. The second kappa shape index (κ2) is 2.84. The molecule has 2 unspecified atom stereocenters. The lowest BCUT2D eigenvalue weighted by molar-refractivity contribution is -0.322. The van der Waals surface area contributed by atoms with Gasteiger partial charge in [-0.25, -0.2) is 0 Å². The van der Waals surface area contributed by atoms with Crippen LogP contribution in [0, 0.1) is 0 Å². The molecule has 1 rings (SSSR count). The molecule has 4 nitrogen and oxygen atoms in total. The monoisotopic (exact) mass is 148 g/mol. The van der Waals surface area contributed by atoms with Crippen LogP contribution in [0.1, 0.15) is 13.8 Å². The number of ether oxygens (including phenoxy) is 2. The molecule has 1 saturated heterocycles. The van der Waals surface area contributed by atoms with Crippen molar-refractivity contribution in [2.45, 2.75) is 38.6 Å². The third-order valence-electron chi connectivity index (χ3n) is 1.51. The maximum Gasteiger partial charge on any atom is 0.181 e. The molecule has 2 N–H and O–H groups in total. The Morgan fingerprint density at radius 3 is 1.50 bits per heavy atom. The smallest absolute Gasteiger partial charge is 0.181 e. The van der Waals surface area contributed by atoms with Gasteiger partial charge in [0.15, 0.2) is 12.6 Å². The Morgan fingerprint density at radius 2 is 1.20 bits per heavy atom. The highest BCUT2D eigenvalue weighted by molar-refractivity contribution is 4.66. The molecule has 0 aromatic rings. The molecule has 4 heteroatoms. The highest BCUT2D eigenvalue weighted by atomic mass is 16.7. The van der Waals surface area contributed by atoms with E-state index < -0.39 is 24.8 Å². The molecule has 0 spiro atoms. The van der Waals surface area contributed by atoms with Gasteiger partial charge in [-0.3, -0.25) is 0 Å². The zero-order valence-electron chi connectivity index (χ0n) is 6.02. The average molecular weight is 148 g/mol. The topological polar surface area (TPSA) is 58.9 Å². The van der Waals surface area contributed by atoms with Gasteiger partial charge in [0, 0.05) is 0 Å². The molecule has 1 fully saturated rings. The van der Waals surface area contributed by atoms with Gasteiger partial charge in [0.25, 0.3) is 0 Å². The lowest BCUT2D eigenvalue weighted by Gasteiger charge is -2.33. The molecule has 10 heavy (non-hydrogen) atoms. The highest BCUT2D eigenvalue weighted by Crippen LogP contribution is 2.16. The summed E-state index contributed by atoms with van der Waals surface area (Å²) in [7, 11) is 0. The fourth-order valence-corrected chi connectivity index (χ4v) is 0.796. The molecular formula is C6H12O4. The molecule has 0 radical (unpaired) electrons. The fraction of sp³-hybridized carbons (Fsp3) is 1.00. The maximum absolute atomic E-state index is 9.01. The summed E-state index contributed by atoms with van der Waals surface area (Å²) < 4.78 is 9.78. The van der Waals surface area contributed by atoms with E-state index in [-0.39, 0.29) is 0 Å². The summed E-state index contributed by atoms with van der Waals surface area (Å²) in [5.41, 5.74) is 0. The van der Waals surface area contributed by atoms with E-state index in [0.717, 1.165) is 0 Å². The first-order valence-corrected chi connectivity index (χ1v) is 3.28. The van der Waals surface area contributed by atoms with Crippen molar-refractivity contribution in [2.75, 3.05) is 0 Å². The van der Waals surface area contributed by atoms with E-state index in [0.29, 0.717) is 0 Å². The molecule has 0 aromatic heterocycles. The molecule has 0 bridgehead atoms. The molecule has 1 heterocycles. The van der Waals surface area contributed by atoms with Crippen molar-refractivity contribution in [1.82, 2.24) is 0 Å². The third kappa shape index (κ3) is 1.46. The van der Waals surface area contributed by atoms with Crippen LogP contribution in [0.2, 0.25) is 0 Å². The average Bonchev–Trinajstić information content (AvgIpc) is 1.84. The van der Waals surface area contributed by atoms with E-state index in [9.17, 15) is 0 Å². The predicted octanol–water partition coefficient (Wildman–Crippen LogP) is -0.553. The van der Waals surface area contributed by atoms with Crippen molar-refractivity contribution in [1.29, 1.82) is 0 Å². The zero-order chi connectivity index (χ0) is 7.72. The molecule has 0 aromatic carbocycles. The van der Waals surface area contributed by atoms with E-state index in [1.54, 1.807) is 13.8 Å². The van der Waals surface area contributed by atoms with Gasteiger partial charge >= 0.3 is 0 Å². The Labute approximate surface area is 59.4 Å². The lowest BCUT2D eigenvalue weighted by atomic mass is 10.3. The van der Waals surface area contributed by atoms with Crippen LogP contribution in [0.15, 0.2) is 0 Å². The van der Waals surface area contributed by atoms with Crippen LogP contribution < -0.4 is 0 Å². The van der Waals surface area contributed by atoms with E-state index in [1.807, 2.05) is 0 Å².